The highest BCUT2D eigenvalue weighted by Gasteiger charge is 2.12. The summed E-state index contributed by atoms with van der Waals surface area (Å²) >= 11 is 0. The molecule has 18 heavy (non-hydrogen) atoms. The minimum atomic E-state index is -0.167. The Kier molecular flexibility index (Phi) is 3.97. The van der Waals surface area contributed by atoms with Crippen LogP contribution in [0.5, 0.6) is 0 Å². The fourth-order valence-electron chi connectivity index (χ4n) is 2.23. The SMILES string of the molecule is CCc1cc(F)c2c(C)nn(CCCOC)c2c1. The zero-order valence-electron chi connectivity index (χ0n) is 11.2. The van der Waals surface area contributed by atoms with E-state index >= 15 is 0 Å². The van der Waals surface area contributed by atoms with E-state index in [1.165, 1.54) is 0 Å². The van der Waals surface area contributed by atoms with Gasteiger partial charge in [-0.15, -0.1) is 0 Å². The lowest BCUT2D eigenvalue weighted by Crippen LogP contribution is -2.03. The molecule has 0 fully saturated rings. The Balaban J connectivity index is 2.44. The number of aromatic nitrogens is 2. The zero-order valence-corrected chi connectivity index (χ0v) is 11.2. The highest BCUT2D eigenvalue weighted by molar-refractivity contribution is 5.83. The molecule has 1 heterocycles. The number of aryl methyl sites for hydroxylation is 3. The van der Waals surface area contributed by atoms with Crippen molar-refractivity contribution < 1.29 is 9.13 Å². The average molecular weight is 250 g/mol. The van der Waals surface area contributed by atoms with Gasteiger partial charge in [-0.3, -0.25) is 4.68 Å². The summed E-state index contributed by atoms with van der Waals surface area (Å²) in [6.45, 7) is 5.32. The van der Waals surface area contributed by atoms with Crippen LogP contribution in [-0.2, 0) is 17.7 Å². The molecule has 4 heteroatoms. The molecule has 0 atom stereocenters. The van der Waals surface area contributed by atoms with Gasteiger partial charge in [-0.25, -0.2) is 4.39 Å². The minimum absolute atomic E-state index is 0.167. The van der Waals surface area contributed by atoms with Gasteiger partial charge in [-0.05, 0) is 37.5 Å². The van der Waals surface area contributed by atoms with Gasteiger partial charge in [0.05, 0.1) is 16.6 Å². The lowest BCUT2D eigenvalue weighted by Gasteiger charge is -2.05. The summed E-state index contributed by atoms with van der Waals surface area (Å²) in [5.41, 5.74) is 2.65. The van der Waals surface area contributed by atoms with E-state index in [1.54, 1.807) is 13.2 Å². The monoisotopic (exact) mass is 250 g/mol. The Hall–Kier alpha value is -1.42. The van der Waals surface area contributed by atoms with Crippen LogP contribution in [0.2, 0.25) is 0 Å². The van der Waals surface area contributed by atoms with Crippen molar-refractivity contribution >= 4 is 10.9 Å². The fourth-order valence-corrected chi connectivity index (χ4v) is 2.23. The van der Waals surface area contributed by atoms with Gasteiger partial charge in [0.1, 0.15) is 5.82 Å². The van der Waals surface area contributed by atoms with Crippen LogP contribution in [0.25, 0.3) is 10.9 Å². The van der Waals surface area contributed by atoms with Gasteiger partial charge in [0.25, 0.3) is 0 Å². The lowest BCUT2D eigenvalue weighted by atomic mass is 10.1. The molecule has 0 aliphatic heterocycles. The summed E-state index contributed by atoms with van der Waals surface area (Å²) in [6, 6.07) is 3.64. The van der Waals surface area contributed by atoms with Crippen LogP contribution in [-0.4, -0.2) is 23.5 Å². The second-order valence-electron chi connectivity index (χ2n) is 4.48. The molecule has 0 amide bonds. The maximum atomic E-state index is 14.0. The zero-order chi connectivity index (χ0) is 13.1. The first-order valence-electron chi connectivity index (χ1n) is 6.31. The van der Waals surface area contributed by atoms with Crippen molar-refractivity contribution in [3.63, 3.8) is 0 Å². The molecule has 0 unspecified atom stereocenters. The van der Waals surface area contributed by atoms with Crippen LogP contribution in [0.4, 0.5) is 4.39 Å². The minimum Gasteiger partial charge on any atom is -0.385 e. The summed E-state index contributed by atoms with van der Waals surface area (Å²) in [7, 11) is 1.68. The molecule has 2 rings (SSSR count). The molecule has 0 N–H and O–H groups in total. The van der Waals surface area contributed by atoms with Gasteiger partial charge >= 0.3 is 0 Å². The van der Waals surface area contributed by atoms with Gasteiger partial charge in [0.15, 0.2) is 0 Å². The lowest BCUT2D eigenvalue weighted by molar-refractivity contribution is 0.189. The molecule has 0 aliphatic carbocycles. The highest BCUT2D eigenvalue weighted by Crippen LogP contribution is 2.24. The number of hydrogen-bond donors (Lipinski definition) is 0. The maximum absolute atomic E-state index is 14.0. The molecular weight excluding hydrogens is 231 g/mol. The Bertz CT molecular complexity index is 548. The maximum Gasteiger partial charge on any atom is 0.134 e. The number of halogens is 1. The first kappa shape index (κ1) is 13.0. The predicted octanol–water partition coefficient (Wildman–Crippen LogP) is 3.08. The number of hydrogen-bond acceptors (Lipinski definition) is 2. The van der Waals surface area contributed by atoms with Crippen LogP contribution in [0.15, 0.2) is 12.1 Å². The summed E-state index contributed by atoms with van der Waals surface area (Å²) < 4.78 is 20.9. The second kappa shape index (κ2) is 5.48. The molecule has 98 valence electrons. The van der Waals surface area contributed by atoms with Crippen LogP contribution in [0.3, 0.4) is 0 Å². The van der Waals surface area contributed by atoms with Crippen molar-refractivity contribution in [2.45, 2.75) is 33.2 Å². The largest absolute Gasteiger partial charge is 0.385 e. The van der Waals surface area contributed by atoms with Crippen LogP contribution >= 0.6 is 0 Å². The number of benzene rings is 1. The van der Waals surface area contributed by atoms with E-state index in [2.05, 4.69) is 5.10 Å². The first-order chi connectivity index (χ1) is 8.67. The Labute approximate surface area is 107 Å². The van der Waals surface area contributed by atoms with E-state index in [0.29, 0.717) is 12.0 Å². The van der Waals surface area contributed by atoms with Crippen molar-refractivity contribution in [3.05, 3.63) is 29.2 Å². The van der Waals surface area contributed by atoms with Crippen molar-refractivity contribution in [1.29, 1.82) is 0 Å². The van der Waals surface area contributed by atoms with E-state index in [9.17, 15) is 4.39 Å². The summed E-state index contributed by atoms with van der Waals surface area (Å²) in [4.78, 5) is 0. The van der Waals surface area contributed by atoms with Crippen molar-refractivity contribution in [1.82, 2.24) is 9.78 Å². The Morgan fingerprint density at radius 2 is 2.17 bits per heavy atom. The smallest absolute Gasteiger partial charge is 0.134 e. The van der Waals surface area contributed by atoms with Crippen molar-refractivity contribution in [2.75, 3.05) is 13.7 Å². The predicted molar refractivity (Wildman–Crippen MR) is 70.3 cm³/mol. The van der Waals surface area contributed by atoms with E-state index in [-0.39, 0.29) is 5.82 Å². The molecule has 2 aromatic rings. The van der Waals surface area contributed by atoms with E-state index in [0.717, 1.165) is 36.2 Å². The van der Waals surface area contributed by atoms with Gasteiger partial charge in [-0.1, -0.05) is 6.92 Å². The molecule has 1 aromatic heterocycles. The first-order valence-corrected chi connectivity index (χ1v) is 6.31. The summed E-state index contributed by atoms with van der Waals surface area (Å²) in [5, 5.41) is 5.06. The van der Waals surface area contributed by atoms with Gasteiger partial charge in [0, 0.05) is 20.3 Å². The van der Waals surface area contributed by atoms with Gasteiger partial charge < -0.3 is 4.74 Å². The molecule has 1 aromatic carbocycles. The molecule has 0 saturated heterocycles. The average Bonchev–Trinajstić information content (AvgIpc) is 2.67. The summed E-state index contributed by atoms with van der Waals surface area (Å²) in [6.07, 6.45) is 1.71. The topological polar surface area (TPSA) is 27.1 Å². The van der Waals surface area contributed by atoms with E-state index < -0.39 is 0 Å². The molecule has 3 nitrogen and oxygen atoms in total. The van der Waals surface area contributed by atoms with E-state index in [4.69, 9.17) is 4.74 Å². The molecular formula is C14H19FN2O. The normalized spacial score (nSPS) is 11.3. The van der Waals surface area contributed by atoms with Crippen molar-refractivity contribution in [3.8, 4) is 0 Å². The standard InChI is InChI=1S/C14H19FN2O/c1-4-11-8-12(15)14-10(2)16-17(13(14)9-11)6-5-7-18-3/h8-9H,4-7H2,1-3H3. The molecule has 0 spiro atoms. The number of nitrogens with zero attached hydrogens (tertiary/aromatic N) is 2. The fraction of sp³-hybridized carbons (Fsp3) is 0.500. The third-order valence-electron chi connectivity index (χ3n) is 3.17. The molecule has 0 bridgehead atoms. The molecule has 0 saturated carbocycles. The van der Waals surface area contributed by atoms with Crippen molar-refractivity contribution in [2.24, 2.45) is 0 Å². The van der Waals surface area contributed by atoms with E-state index in [1.807, 2.05) is 24.6 Å². The van der Waals surface area contributed by atoms with Crippen LogP contribution < -0.4 is 0 Å². The third kappa shape index (κ3) is 2.38. The quantitative estimate of drug-likeness (QED) is 0.762. The number of fused-ring (bicyclic) bond motifs is 1. The second-order valence-corrected chi connectivity index (χ2v) is 4.48. The highest BCUT2D eigenvalue weighted by atomic mass is 19.1. The van der Waals surface area contributed by atoms with Gasteiger partial charge in [-0.2, -0.15) is 5.10 Å². The Morgan fingerprint density at radius 3 is 2.83 bits per heavy atom. The Morgan fingerprint density at radius 1 is 1.39 bits per heavy atom. The summed E-state index contributed by atoms with van der Waals surface area (Å²) in [5.74, 6) is -0.167. The number of methoxy groups -OCH3 is 1. The third-order valence-corrected chi connectivity index (χ3v) is 3.17. The number of rotatable bonds is 5. The number of ether oxygens (including phenoxy) is 1. The van der Waals surface area contributed by atoms with Crippen LogP contribution in [0.1, 0.15) is 24.6 Å². The molecule has 0 radical (unpaired) electrons. The van der Waals surface area contributed by atoms with Gasteiger partial charge in [0.2, 0.25) is 0 Å². The molecule has 0 aliphatic rings. The van der Waals surface area contributed by atoms with Crippen LogP contribution in [0, 0.1) is 12.7 Å².